The number of hydrogen-bond donors (Lipinski definition) is 1. The molecular formula is C14H20N2O3S. The smallest absolute Gasteiger partial charge is 0.241 e. The quantitative estimate of drug-likeness (QED) is 0.911. The largest absolute Gasteiger partial charge is 0.341 e. The van der Waals surface area contributed by atoms with Gasteiger partial charge >= 0.3 is 0 Å². The Morgan fingerprint density at radius 1 is 1.35 bits per heavy atom. The summed E-state index contributed by atoms with van der Waals surface area (Å²) in [5, 5.41) is 0. The molecule has 1 unspecified atom stereocenters. The van der Waals surface area contributed by atoms with Gasteiger partial charge in [-0.05, 0) is 37.5 Å². The van der Waals surface area contributed by atoms with Crippen LogP contribution in [0.15, 0.2) is 23.1 Å². The first-order valence-electron chi connectivity index (χ1n) is 6.64. The van der Waals surface area contributed by atoms with E-state index < -0.39 is 10.0 Å². The molecule has 1 amide bonds. The first-order chi connectivity index (χ1) is 9.29. The fourth-order valence-electron chi connectivity index (χ4n) is 2.42. The highest BCUT2D eigenvalue weighted by atomic mass is 32.2. The van der Waals surface area contributed by atoms with E-state index in [0.29, 0.717) is 24.4 Å². The Kier molecular flexibility index (Phi) is 4.15. The van der Waals surface area contributed by atoms with Gasteiger partial charge in [0.1, 0.15) is 0 Å². The average molecular weight is 296 g/mol. The maximum absolute atomic E-state index is 12.4. The number of benzene rings is 1. The number of likely N-dealkylation sites (tertiary alicyclic amines) is 1. The molecule has 1 fully saturated rings. The Morgan fingerprint density at radius 2 is 2.05 bits per heavy atom. The SMILES string of the molecule is CC(=O)N1CCC(NS(=O)(=O)c2cc(C)ccc2C)C1. The van der Waals surface area contributed by atoms with E-state index in [1.807, 2.05) is 13.0 Å². The molecule has 5 nitrogen and oxygen atoms in total. The molecule has 0 aliphatic carbocycles. The highest BCUT2D eigenvalue weighted by Gasteiger charge is 2.29. The third-order valence-electron chi connectivity index (χ3n) is 3.59. The summed E-state index contributed by atoms with van der Waals surface area (Å²) in [6.07, 6.45) is 0.656. The minimum Gasteiger partial charge on any atom is -0.341 e. The molecule has 20 heavy (non-hydrogen) atoms. The molecule has 1 saturated heterocycles. The van der Waals surface area contributed by atoms with E-state index in [4.69, 9.17) is 0 Å². The van der Waals surface area contributed by atoms with Crippen molar-refractivity contribution in [3.8, 4) is 0 Å². The number of amides is 1. The predicted molar refractivity (Wildman–Crippen MR) is 76.9 cm³/mol. The van der Waals surface area contributed by atoms with Crippen LogP contribution in [0, 0.1) is 13.8 Å². The van der Waals surface area contributed by atoms with Crippen molar-refractivity contribution in [2.45, 2.75) is 38.1 Å². The maximum atomic E-state index is 12.4. The lowest BCUT2D eigenvalue weighted by molar-refractivity contribution is -0.127. The van der Waals surface area contributed by atoms with E-state index in [2.05, 4.69) is 4.72 Å². The van der Waals surface area contributed by atoms with Gasteiger partial charge in [0.05, 0.1) is 4.90 Å². The van der Waals surface area contributed by atoms with Crippen LogP contribution in [0.1, 0.15) is 24.5 Å². The molecule has 6 heteroatoms. The van der Waals surface area contributed by atoms with Gasteiger partial charge in [-0.15, -0.1) is 0 Å². The number of nitrogens with one attached hydrogen (secondary N) is 1. The zero-order chi connectivity index (χ0) is 14.9. The van der Waals surface area contributed by atoms with Gasteiger partial charge in [-0.25, -0.2) is 13.1 Å². The highest BCUT2D eigenvalue weighted by molar-refractivity contribution is 7.89. The summed E-state index contributed by atoms with van der Waals surface area (Å²) >= 11 is 0. The van der Waals surface area contributed by atoms with Crippen LogP contribution < -0.4 is 4.72 Å². The van der Waals surface area contributed by atoms with Crippen LogP contribution in [-0.2, 0) is 14.8 Å². The molecule has 1 aromatic carbocycles. The zero-order valence-corrected chi connectivity index (χ0v) is 12.8. The van der Waals surface area contributed by atoms with Crippen LogP contribution in [0.3, 0.4) is 0 Å². The van der Waals surface area contributed by atoms with Crippen molar-refractivity contribution in [2.75, 3.05) is 13.1 Å². The van der Waals surface area contributed by atoms with E-state index in [9.17, 15) is 13.2 Å². The lowest BCUT2D eigenvalue weighted by Crippen LogP contribution is -2.38. The fourth-order valence-corrected chi connectivity index (χ4v) is 4.01. The van der Waals surface area contributed by atoms with Gasteiger partial charge in [0, 0.05) is 26.1 Å². The van der Waals surface area contributed by atoms with Crippen LogP contribution in [0.4, 0.5) is 0 Å². The van der Waals surface area contributed by atoms with E-state index in [0.717, 1.165) is 11.1 Å². The van der Waals surface area contributed by atoms with Crippen LogP contribution in [0.2, 0.25) is 0 Å². The molecule has 1 aliphatic rings. The van der Waals surface area contributed by atoms with Crippen LogP contribution in [0.25, 0.3) is 0 Å². The van der Waals surface area contributed by atoms with Gasteiger partial charge in [-0.1, -0.05) is 12.1 Å². The maximum Gasteiger partial charge on any atom is 0.241 e. The van der Waals surface area contributed by atoms with Crippen molar-refractivity contribution < 1.29 is 13.2 Å². The molecule has 110 valence electrons. The first kappa shape index (κ1) is 15.0. The normalized spacial score (nSPS) is 19.4. The Morgan fingerprint density at radius 3 is 2.65 bits per heavy atom. The molecule has 0 spiro atoms. The van der Waals surface area contributed by atoms with Gasteiger partial charge in [0.15, 0.2) is 0 Å². The van der Waals surface area contributed by atoms with Gasteiger partial charge < -0.3 is 4.90 Å². The summed E-state index contributed by atoms with van der Waals surface area (Å²) in [7, 11) is -3.53. The topological polar surface area (TPSA) is 66.5 Å². The molecule has 1 atom stereocenters. The zero-order valence-electron chi connectivity index (χ0n) is 12.0. The summed E-state index contributed by atoms with van der Waals surface area (Å²) in [5.74, 6) is -0.0153. The molecule has 1 heterocycles. The van der Waals surface area contributed by atoms with Gasteiger partial charge in [0.2, 0.25) is 15.9 Å². The van der Waals surface area contributed by atoms with Crippen molar-refractivity contribution >= 4 is 15.9 Å². The Hall–Kier alpha value is -1.40. The van der Waals surface area contributed by atoms with Crippen LogP contribution in [0.5, 0.6) is 0 Å². The Balaban J connectivity index is 2.16. The Bertz CT molecular complexity index is 625. The average Bonchev–Trinajstić information content (AvgIpc) is 2.80. The van der Waals surface area contributed by atoms with Gasteiger partial charge in [0.25, 0.3) is 0 Å². The molecule has 2 rings (SSSR count). The second-order valence-electron chi connectivity index (χ2n) is 5.34. The number of nitrogens with zero attached hydrogens (tertiary/aromatic N) is 1. The second-order valence-corrected chi connectivity index (χ2v) is 7.02. The van der Waals surface area contributed by atoms with Crippen molar-refractivity contribution in [1.29, 1.82) is 0 Å². The number of rotatable bonds is 3. The number of aryl methyl sites for hydroxylation is 2. The van der Waals surface area contributed by atoms with Gasteiger partial charge in [-0.2, -0.15) is 0 Å². The molecule has 1 N–H and O–H groups in total. The molecule has 0 bridgehead atoms. The number of carbonyl (C=O) groups excluding carboxylic acids is 1. The van der Waals surface area contributed by atoms with E-state index in [-0.39, 0.29) is 11.9 Å². The summed E-state index contributed by atoms with van der Waals surface area (Å²) in [6.45, 7) is 6.20. The van der Waals surface area contributed by atoms with E-state index >= 15 is 0 Å². The number of hydrogen-bond acceptors (Lipinski definition) is 3. The molecule has 0 aromatic heterocycles. The third-order valence-corrected chi connectivity index (χ3v) is 5.25. The van der Waals surface area contributed by atoms with Crippen LogP contribution in [-0.4, -0.2) is 38.4 Å². The minimum absolute atomic E-state index is 0.0153. The summed E-state index contributed by atoms with van der Waals surface area (Å²) in [5.41, 5.74) is 1.64. The van der Waals surface area contributed by atoms with Gasteiger partial charge in [-0.3, -0.25) is 4.79 Å². The minimum atomic E-state index is -3.53. The predicted octanol–water partition coefficient (Wildman–Crippen LogP) is 1.20. The standard InChI is InChI=1S/C14H20N2O3S/c1-10-4-5-11(2)14(8-10)20(18,19)15-13-6-7-16(9-13)12(3)17/h4-5,8,13,15H,6-7,9H2,1-3H3. The lowest BCUT2D eigenvalue weighted by Gasteiger charge is -2.16. The highest BCUT2D eigenvalue weighted by Crippen LogP contribution is 2.19. The molecular weight excluding hydrogens is 276 g/mol. The summed E-state index contributed by atoms with van der Waals surface area (Å²) in [6, 6.07) is 5.17. The number of sulfonamides is 1. The monoisotopic (exact) mass is 296 g/mol. The lowest BCUT2D eigenvalue weighted by atomic mass is 10.2. The second kappa shape index (κ2) is 5.54. The van der Waals surface area contributed by atoms with Crippen LogP contribution >= 0.6 is 0 Å². The summed E-state index contributed by atoms with van der Waals surface area (Å²) in [4.78, 5) is 13.3. The summed E-state index contributed by atoms with van der Waals surface area (Å²) < 4.78 is 27.5. The van der Waals surface area contributed by atoms with Crippen molar-refractivity contribution in [1.82, 2.24) is 9.62 Å². The fraction of sp³-hybridized carbons (Fsp3) is 0.500. The van der Waals surface area contributed by atoms with Crippen molar-refractivity contribution in [3.63, 3.8) is 0 Å². The Labute approximate surface area is 120 Å². The third kappa shape index (κ3) is 3.19. The van der Waals surface area contributed by atoms with E-state index in [1.54, 1.807) is 24.0 Å². The van der Waals surface area contributed by atoms with Crippen molar-refractivity contribution in [3.05, 3.63) is 29.3 Å². The van der Waals surface area contributed by atoms with Crippen molar-refractivity contribution in [2.24, 2.45) is 0 Å². The molecule has 0 saturated carbocycles. The number of carbonyl (C=O) groups is 1. The first-order valence-corrected chi connectivity index (χ1v) is 8.13. The molecule has 0 radical (unpaired) electrons. The molecule has 1 aliphatic heterocycles. The van der Waals surface area contributed by atoms with E-state index in [1.165, 1.54) is 6.92 Å². The molecule has 1 aromatic rings.